The summed E-state index contributed by atoms with van der Waals surface area (Å²) in [6, 6.07) is 8.66. The number of amides is 1. The van der Waals surface area contributed by atoms with Crippen LogP contribution >= 0.6 is 34.4 Å². The third-order valence-electron chi connectivity index (χ3n) is 4.66. The van der Waals surface area contributed by atoms with Crippen LogP contribution in [-0.2, 0) is 4.79 Å². The Hall–Kier alpha value is -2.53. The van der Waals surface area contributed by atoms with E-state index in [4.69, 9.17) is 9.47 Å². The highest BCUT2D eigenvalue weighted by Crippen LogP contribution is 2.38. The van der Waals surface area contributed by atoms with E-state index in [1.807, 2.05) is 26.0 Å². The first kappa shape index (κ1) is 24.1. The molecule has 0 bridgehead atoms. The van der Waals surface area contributed by atoms with Crippen molar-refractivity contribution in [3.8, 4) is 11.5 Å². The predicted octanol–water partition coefficient (Wildman–Crippen LogP) is 5.33. The zero-order valence-electron chi connectivity index (χ0n) is 18.3. The van der Waals surface area contributed by atoms with Crippen molar-refractivity contribution in [3.05, 3.63) is 55.5 Å². The molecular weight excluding hydrogens is 543 g/mol. The van der Waals surface area contributed by atoms with Crippen LogP contribution in [0.25, 0.3) is 6.08 Å². The number of rotatable bonds is 6. The molecule has 0 spiro atoms. The summed E-state index contributed by atoms with van der Waals surface area (Å²) in [5, 5.41) is 9.82. The van der Waals surface area contributed by atoms with Gasteiger partial charge in [-0.3, -0.25) is 9.69 Å². The molecule has 32 heavy (non-hydrogen) atoms. The number of nitrogens with zero attached hydrogens (tertiary/aromatic N) is 2. The van der Waals surface area contributed by atoms with E-state index in [-0.39, 0.29) is 17.6 Å². The van der Waals surface area contributed by atoms with Crippen LogP contribution in [0.4, 0.5) is 5.69 Å². The van der Waals surface area contributed by atoms with Gasteiger partial charge in [-0.2, -0.15) is 0 Å². The average molecular weight is 566 g/mol. The normalized spacial score (nSPS) is 16.3. The van der Waals surface area contributed by atoms with Gasteiger partial charge in [-0.05, 0) is 96.6 Å². The van der Waals surface area contributed by atoms with Crippen molar-refractivity contribution < 1.29 is 24.2 Å². The van der Waals surface area contributed by atoms with Gasteiger partial charge in [0.05, 0.1) is 32.9 Å². The number of carbonyl (C=O) groups is 2. The third-order valence-corrected chi connectivity index (χ3v) is 6.52. The van der Waals surface area contributed by atoms with Gasteiger partial charge in [0.1, 0.15) is 0 Å². The molecule has 0 radical (unpaired) electrons. The van der Waals surface area contributed by atoms with E-state index in [1.165, 1.54) is 22.7 Å². The van der Waals surface area contributed by atoms with Crippen molar-refractivity contribution in [2.75, 3.05) is 14.2 Å². The number of aromatic carboxylic acids is 1. The SMILES string of the molecule is COc1cc(/C=C2\SC(=Nc3cccc(C(=O)O)c3C)N(C)C2=O)cc(I)c1OC(C)C. The number of aliphatic imine (C=N–C) groups is 1. The average Bonchev–Trinajstić information content (AvgIpc) is 2.98. The fourth-order valence-corrected chi connectivity index (χ4v) is 4.79. The number of carbonyl (C=O) groups excluding carboxylic acids is 1. The van der Waals surface area contributed by atoms with Crippen molar-refractivity contribution in [2.45, 2.75) is 26.9 Å². The number of halogens is 1. The number of hydrogen-bond acceptors (Lipinski definition) is 6. The van der Waals surface area contributed by atoms with Crippen LogP contribution in [0.5, 0.6) is 11.5 Å². The molecule has 1 aliphatic heterocycles. The second-order valence-corrected chi connectivity index (χ2v) is 9.50. The topological polar surface area (TPSA) is 88.4 Å². The smallest absolute Gasteiger partial charge is 0.336 e. The lowest BCUT2D eigenvalue weighted by Crippen LogP contribution is -2.23. The Morgan fingerprint density at radius 1 is 1.31 bits per heavy atom. The summed E-state index contributed by atoms with van der Waals surface area (Å²) < 4.78 is 12.2. The minimum absolute atomic E-state index is 0.00379. The van der Waals surface area contributed by atoms with Crippen LogP contribution in [-0.4, -0.2) is 47.3 Å². The first-order chi connectivity index (χ1) is 15.1. The van der Waals surface area contributed by atoms with Gasteiger partial charge in [0.2, 0.25) is 0 Å². The standard InChI is InChI=1S/C23H23IN2O5S/c1-12(2)31-20-16(24)9-14(10-18(20)30-5)11-19-21(27)26(4)23(32-19)25-17-8-6-7-15(13(17)3)22(28)29/h6-12H,1-5H3,(H,28,29)/b19-11-,25-23?. The molecule has 1 N–H and O–H groups in total. The fraction of sp³-hybridized carbons (Fsp3) is 0.261. The maximum Gasteiger partial charge on any atom is 0.336 e. The quantitative estimate of drug-likeness (QED) is 0.376. The molecule has 1 aliphatic rings. The van der Waals surface area contributed by atoms with Gasteiger partial charge >= 0.3 is 5.97 Å². The maximum absolute atomic E-state index is 12.8. The minimum atomic E-state index is -1.01. The minimum Gasteiger partial charge on any atom is -0.493 e. The molecule has 2 aromatic carbocycles. The van der Waals surface area contributed by atoms with Crippen LogP contribution in [0.3, 0.4) is 0 Å². The Balaban J connectivity index is 1.96. The summed E-state index contributed by atoms with van der Waals surface area (Å²) in [5.74, 6) is 0.0689. The van der Waals surface area contributed by atoms with Crippen LogP contribution in [0, 0.1) is 10.5 Å². The lowest BCUT2D eigenvalue weighted by Gasteiger charge is -2.16. The number of ether oxygens (including phenoxy) is 2. The molecule has 2 aromatic rings. The lowest BCUT2D eigenvalue weighted by atomic mass is 10.1. The Bertz CT molecular complexity index is 1140. The van der Waals surface area contributed by atoms with E-state index in [0.717, 1.165) is 9.13 Å². The third kappa shape index (κ3) is 5.09. The van der Waals surface area contributed by atoms with E-state index in [1.54, 1.807) is 39.3 Å². The number of carboxylic acids is 1. The van der Waals surface area contributed by atoms with Crippen molar-refractivity contribution in [3.63, 3.8) is 0 Å². The molecule has 3 rings (SSSR count). The molecule has 1 saturated heterocycles. The number of methoxy groups -OCH3 is 1. The molecule has 0 aromatic heterocycles. The Labute approximate surface area is 204 Å². The Morgan fingerprint density at radius 2 is 2.03 bits per heavy atom. The predicted molar refractivity (Wildman–Crippen MR) is 135 cm³/mol. The monoisotopic (exact) mass is 566 g/mol. The van der Waals surface area contributed by atoms with Crippen LogP contribution in [0.2, 0.25) is 0 Å². The maximum atomic E-state index is 12.8. The molecule has 7 nitrogen and oxygen atoms in total. The molecule has 1 heterocycles. The first-order valence-electron chi connectivity index (χ1n) is 9.75. The van der Waals surface area contributed by atoms with Crippen LogP contribution in [0.15, 0.2) is 40.2 Å². The molecular formula is C23H23IN2O5S. The van der Waals surface area contributed by atoms with Crippen molar-refractivity contribution >= 4 is 63.2 Å². The number of amidine groups is 1. The second-order valence-electron chi connectivity index (χ2n) is 7.32. The number of benzene rings is 2. The largest absolute Gasteiger partial charge is 0.493 e. The fourth-order valence-electron chi connectivity index (χ4n) is 3.06. The Kier molecular flexibility index (Phi) is 7.50. The molecule has 168 valence electrons. The number of likely N-dealkylation sites (N-methyl/N-ethyl adjacent to an activating group) is 1. The molecule has 9 heteroatoms. The highest BCUT2D eigenvalue weighted by atomic mass is 127. The van der Waals surface area contributed by atoms with Gasteiger partial charge in [-0.1, -0.05) is 6.07 Å². The summed E-state index contributed by atoms with van der Waals surface area (Å²) in [6.07, 6.45) is 1.79. The van der Waals surface area contributed by atoms with Crippen molar-refractivity contribution in [1.29, 1.82) is 0 Å². The number of carboxylic acid groups (broad SMARTS) is 1. The molecule has 1 fully saturated rings. The van der Waals surface area contributed by atoms with Crippen molar-refractivity contribution in [2.24, 2.45) is 4.99 Å². The van der Waals surface area contributed by atoms with Gasteiger partial charge < -0.3 is 14.6 Å². The van der Waals surface area contributed by atoms with E-state index in [9.17, 15) is 14.7 Å². The zero-order chi connectivity index (χ0) is 23.6. The molecule has 0 aliphatic carbocycles. The van der Waals surface area contributed by atoms with Gasteiger partial charge in [0, 0.05) is 7.05 Å². The first-order valence-corrected chi connectivity index (χ1v) is 11.6. The highest BCUT2D eigenvalue weighted by molar-refractivity contribution is 14.1. The van der Waals surface area contributed by atoms with Gasteiger partial charge in [-0.25, -0.2) is 9.79 Å². The molecule has 1 amide bonds. The number of thioether (sulfide) groups is 1. The second kappa shape index (κ2) is 9.95. The molecule has 0 saturated carbocycles. The van der Waals surface area contributed by atoms with Gasteiger partial charge in [0.15, 0.2) is 16.7 Å². The zero-order valence-corrected chi connectivity index (χ0v) is 21.3. The summed E-state index contributed by atoms with van der Waals surface area (Å²) in [6.45, 7) is 5.60. The van der Waals surface area contributed by atoms with Crippen molar-refractivity contribution in [1.82, 2.24) is 4.90 Å². The van der Waals surface area contributed by atoms with E-state index in [0.29, 0.717) is 32.8 Å². The van der Waals surface area contributed by atoms with E-state index >= 15 is 0 Å². The Morgan fingerprint density at radius 3 is 2.66 bits per heavy atom. The summed E-state index contributed by atoms with van der Waals surface area (Å²) in [4.78, 5) is 30.7. The van der Waals surface area contributed by atoms with Crippen LogP contribution < -0.4 is 9.47 Å². The molecule has 0 atom stereocenters. The van der Waals surface area contributed by atoms with Gasteiger partial charge in [0.25, 0.3) is 5.91 Å². The molecule has 0 unspecified atom stereocenters. The van der Waals surface area contributed by atoms with Crippen LogP contribution in [0.1, 0.15) is 35.3 Å². The lowest BCUT2D eigenvalue weighted by molar-refractivity contribution is -0.121. The summed E-state index contributed by atoms with van der Waals surface area (Å²) in [7, 11) is 3.23. The van der Waals surface area contributed by atoms with Gasteiger partial charge in [-0.15, -0.1) is 0 Å². The summed E-state index contributed by atoms with van der Waals surface area (Å²) >= 11 is 3.43. The highest BCUT2D eigenvalue weighted by Gasteiger charge is 2.31. The van der Waals surface area contributed by atoms with E-state index in [2.05, 4.69) is 27.6 Å². The summed E-state index contributed by atoms with van der Waals surface area (Å²) in [5.41, 5.74) is 2.05. The number of hydrogen-bond donors (Lipinski definition) is 1. The van der Waals surface area contributed by atoms with E-state index < -0.39 is 5.97 Å².